The van der Waals surface area contributed by atoms with Gasteiger partial charge in [0.25, 0.3) is 0 Å². The molecule has 1 aromatic rings. The molecule has 0 heterocycles. The van der Waals surface area contributed by atoms with Crippen LogP contribution in [0.2, 0.25) is 0 Å². The normalized spacial score (nSPS) is 16.0. The molecule has 1 fully saturated rings. The fourth-order valence-corrected chi connectivity index (χ4v) is 1.88. The molecule has 0 aromatic heterocycles. The van der Waals surface area contributed by atoms with E-state index in [2.05, 4.69) is 20.8 Å². The molecule has 0 unspecified atom stereocenters. The average Bonchev–Trinajstić information content (AvgIpc) is 2.99. The number of hydrogen-bond acceptors (Lipinski definition) is 2. The molecule has 2 rings (SSSR count). The lowest BCUT2D eigenvalue weighted by Crippen LogP contribution is -2.15. The van der Waals surface area contributed by atoms with Crippen LogP contribution in [0.4, 0.5) is 0 Å². The van der Waals surface area contributed by atoms with Gasteiger partial charge in [0.1, 0.15) is 11.5 Å². The Labute approximate surface area is 97.6 Å². The van der Waals surface area contributed by atoms with Crippen molar-refractivity contribution in [3.8, 4) is 11.5 Å². The van der Waals surface area contributed by atoms with E-state index in [1.54, 1.807) is 7.11 Å². The Balaban J connectivity index is 2.41. The van der Waals surface area contributed by atoms with Gasteiger partial charge in [-0.1, -0.05) is 26.8 Å². The van der Waals surface area contributed by atoms with Gasteiger partial charge in [0.05, 0.1) is 13.2 Å². The van der Waals surface area contributed by atoms with Crippen LogP contribution >= 0.6 is 0 Å². The quantitative estimate of drug-likeness (QED) is 0.775. The Morgan fingerprint density at radius 1 is 1.12 bits per heavy atom. The van der Waals surface area contributed by atoms with E-state index in [4.69, 9.17) is 9.47 Å². The minimum absolute atomic E-state index is 0.0385. The highest BCUT2D eigenvalue weighted by molar-refractivity contribution is 5.49. The summed E-state index contributed by atoms with van der Waals surface area (Å²) in [6.45, 7) is 6.56. The van der Waals surface area contributed by atoms with Crippen LogP contribution in [-0.2, 0) is 5.41 Å². The molecule has 0 amide bonds. The van der Waals surface area contributed by atoms with Crippen LogP contribution in [0.3, 0.4) is 0 Å². The Morgan fingerprint density at radius 3 is 2.25 bits per heavy atom. The molecule has 0 atom stereocenters. The lowest BCUT2D eigenvalue weighted by atomic mass is 9.85. The van der Waals surface area contributed by atoms with Crippen LogP contribution in [0.5, 0.6) is 11.5 Å². The smallest absolute Gasteiger partial charge is 0.127 e. The van der Waals surface area contributed by atoms with Crippen LogP contribution < -0.4 is 9.47 Å². The first-order valence-corrected chi connectivity index (χ1v) is 5.86. The summed E-state index contributed by atoms with van der Waals surface area (Å²) in [5.41, 5.74) is 1.21. The molecule has 0 N–H and O–H groups in total. The van der Waals surface area contributed by atoms with E-state index < -0.39 is 0 Å². The van der Waals surface area contributed by atoms with Gasteiger partial charge in [0, 0.05) is 5.56 Å². The van der Waals surface area contributed by atoms with Gasteiger partial charge in [0.15, 0.2) is 0 Å². The van der Waals surface area contributed by atoms with Crippen molar-refractivity contribution in [2.24, 2.45) is 0 Å². The van der Waals surface area contributed by atoms with Crippen molar-refractivity contribution in [3.63, 3.8) is 0 Å². The van der Waals surface area contributed by atoms with Crippen LogP contribution in [0.25, 0.3) is 0 Å². The predicted molar refractivity (Wildman–Crippen MR) is 65.3 cm³/mol. The standard InChI is InChI=1S/C14H20O2/c1-14(2,3)13-11(15-4)6-5-7-12(13)16-10-8-9-10/h5-7,10H,8-9H2,1-4H3. The monoisotopic (exact) mass is 220 g/mol. The third-order valence-corrected chi connectivity index (χ3v) is 2.78. The van der Waals surface area contributed by atoms with Gasteiger partial charge >= 0.3 is 0 Å². The summed E-state index contributed by atoms with van der Waals surface area (Å²) >= 11 is 0. The van der Waals surface area contributed by atoms with E-state index in [-0.39, 0.29) is 5.41 Å². The van der Waals surface area contributed by atoms with Gasteiger partial charge < -0.3 is 9.47 Å². The molecule has 0 aliphatic heterocycles. The second-order valence-corrected chi connectivity index (χ2v) is 5.40. The minimum Gasteiger partial charge on any atom is -0.496 e. The van der Waals surface area contributed by atoms with Crippen molar-refractivity contribution in [2.75, 3.05) is 7.11 Å². The zero-order chi connectivity index (χ0) is 11.8. The summed E-state index contributed by atoms with van der Waals surface area (Å²) in [5.74, 6) is 1.90. The van der Waals surface area contributed by atoms with Gasteiger partial charge in [0.2, 0.25) is 0 Å². The maximum Gasteiger partial charge on any atom is 0.127 e. The van der Waals surface area contributed by atoms with Crippen molar-refractivity contribution < 1.29 is 9.47 Å². The van der Waals surface area contributed by atoms with Crippen LogP contribution in [-0.4, -0.2) is 13.2 Å². The largest absolute Gasteiger partial charge is 0.496 e. The summed E-state index contributed by atoms with van der Waals surface area (Å²) in [6.07, 6.45) is 2.79. The van der Waals surface area contributed by atoms with Gasteiger partial charge in [-0.25, -0.2) is 0 Å². The van der Waals surface area contributed by atoms with Crippen LogP contribution in [0.1, 0.15) is 39.2 Å². The molecule has 1 saturated carbocycles. The first-order chi connectivity index (χ1) is 7.52. The predicted octanol–water partition coefficient (Wildman–Crippen LogP) is 3.53. The lowest BCUT2D eigenvalue weighted by Gasteiger charge is -2.25. The number of rotatable bonds is 3. The van der Waals surface area contributed by atoms with Gasteiger partial charge in [-0.3, -0.25) is 0 Å². The van der Waals surface area contributed by atoms with E-state index in [9.17, 15) is 0 Å². The Kier molecular flexibility index (Phi) is 2.83. The van der Waals surface area contributed by atoms with E-state index in [0.29, 0.717) is 6.10 Å². The maximum absolute atomic E-state index is 5.95. The second kappa shape index (κ2) is 4.00. The fraction of sp³-hybridized carbons (Fsp3) is 0.571. The fourth-order valence-electron chi connectivity index (χ4n) is 1.88. The number of benzene rings is 1. The Bertz CT molecular complexity index is 373. The first kappa shape index (κ1) is 11.3. The molecule has 0 radical (unpaired) electrons. The molecule has 0 bridgehead atoms. The lowest BCUT2D eigenvalue weighted by molar-refractivity contribution is 0.290. The van der Waals surface area contributed by atoms with Crippen LogP contribution in [0.15, 0.2) is 18.2 Å². The van der Waals surface area contributed by atoms with Gasteiger partial charge in [-0.2, -0.15) is 0 Å². The molecule has 88 valence electrons. The minimum atomic E-state index is 0.0385. The molecular weight excluding hydrogens is 200 g/mol. The average molecular weight is 220 g/mol. The van der Waals surface area contributed by atoms with E-state index in [1.807, 2.05) is 18.2 Å². The summed E-state index contributed by atoms with van der Waals surface area (Å²) in [6, 6.07) is 6.04. The van der Waals surface area contributed by atoms with E-state index >= 15 is 0 Å². The number of hydrogen-bond donors (Lipinski definition) is 0. The summed E-state index contributed by atoms with van der Waals surface area (Å²) in [7, 11) is 1.71. The molecule has 2 nitrogen and oxygen atoms in total. The van der Waals surface area contributed by atoms with E-state index in [1.165, 1.54) is 18.4 Å². The van der Waals surface area contributed by atoms with Crippen molar-refractivity contribution in [1.82, 2.24) is 0 Å². The highest BCUT2D eigenvalue weighted by Gasteiger charge is 2.29. The third kappa shape index (κ3) is 2.31. The van der Waals surface area contributed by atoms with Crippen molar-refractivity contribution in [2.45, 2.75) is 45.1 Å². The molecule has 1 aliphatic carbocycles. The van der Waals surface area contributed by atoms with Gasteiger partial charge in [-0.05, 0) is 30.4 Å². The highest BCUT2D eigenvalue weighted by atomic mass is 16.5. The SMILES string of the molecule is COc1cccc(OC2CC2)c1C(C)(C)C. The second-order valence-electron chi connectivity index (χ2n) is 5.40. The highest BCUT2D eigenvalue weighted by Crippen LogP contribution is 2.40. The van der Waals surface area contributed by atoms with Gasteiger partial charge in [-0.15, -0.1) is 0 Å². The molecule has 0 saturated heterocycles. The van der Waals surface area contributed by atoms with E-state index in [0.717, 1.165) is 11.5 Å². The zero-order valence-corrected chi connectivity index (χ0v) is 10.5. The Morgan fingerprint density at radius 2 is 1.75 bits per heavy atom. The van der Waals surface area contributed by atoms with Crippen LogP contribution in [0, 0.1) is 0 Å². The maximum atomic E-state index is 5.95. The molecular formula is C14H20O2. The third-order valence-electron chi connectivity index (χ3n) is 2.78. The van der Waals surface area contributed by atoms with Crippen molar-refractivity contribution in [1.29, 1.82) is 0 Å². The summed E-state index contributed by atoms with van der Waals surface area (Å²) in [5, 5.41) is 0. The zero-order valence-electron chi connectivity index (χ0n) is 10.5. The topological polar surface area (TPSA) is 18.5 Å². The molecule has 16 heavy (non-hydrogen) atoms. The summed E-state index contributed by atoms with van der Waals surface area (Å²) in [4.78, 5) is 0. The molecule has 0 spiro atoms. The molecule has 1 aliphatic rings. The number of ether oxygens (including phenoxy) is 2. The molecule has 2 heteroatoms. The van der Waals surface area contributed by atoms with Crippen molar-refractivity contribution in [3.05, 3.63) is 23.8 Å². The molecule has 1 aromatic carbocycles. The van der Waals surface area contributed by atoms with Crippen molar-refractivity contribution >= 4 is 0 Å². The Hall–Kier alpha value is -1.18. The summed E-state index contributed by atoms with van der Waals surface area (Å²) < 4.78 is 11.4. The number of methoxy groups -OCH3 is 1. The first-order valence-electron chi connectivity index (χ1n) is 5.86.